The Bertz CT molecular complexity index is 303. The van der Waals surface area contributed by atoms with Gasteiger partial charge in [0.2, 0.25) is 0 Å². The molecule has 0 aromatic carbocycles. The Morgan fingerprint density at radius 2 is 2.17 bits per heavy atom. The van der Waals surface area contributed by atoms with Crippen LogP contribution in [-0.4, -0.2) is 9.13 Å². The molecular weight excluding hydrogens is 166 g/mol. The van der Waals surface area contributed by atoms with E-state index >= 15 is 0 Å². The van der Waals surface area contributed by atoms with Gasteiger partial charge in [0.25, 0.3) is 0 Å². The van der Waals surface area contributed by atoms with Gasteiger partial charge in [-0.05, 0) is 6.42 Å². The number of imidazole rings is 1. The standard InChI is InChI=1S/C7H10F2N2O/c1-2-3-10-4-5-11(6(8)9)7(10)12/h4-6H,2-3H2,1H3. The van der Waals surface area contributed by atoms with E-state index in [2.05, 4.69) is 0 Å². The Kier molecular flexibility index (Phi) is 2.62. The average molecular weight is 176 g/mol. The van der Waals surface area contributed by atoms with Crippen molar-refractivity contribution in [3.63, 3.8) is 0 Å². The first-order valence-corrected chi connectivity index (χ1v) is 3.72. The molecule has 12 heavy (non-hydrogen) atoms. The van der Waals surface area contributed by atoms with Crippen LogP contribution in [0.15, 0.2) is 17.2 Å². The summed E-state index contributed by atoms with van der Waals surface area (Å²) in [6.07, 6.45) is 3.23. The number of aryl methyl sites for hydroxylation is 1. The predicted octanol–water partition coefficient (Wildman–Crippen LogP) is 1.45. The van der Waals surface area contributed by atoms with Gasteiger partial charge in [-0.1, -0.05) is 6.92 Å². The van der Waals surface area contributed by atoms with Gasteiger partial charge in [0.15, 0.2) is 0 Å². The quantitative estimate of drug-likeness (QED) is 0.684. The van der Waals surface area contributed by atoms with Gasteiger partial charge in [-0.3, -0.25) is 4.57 Å². The molecular formula is C7H10F2N2O. The third kappa shape index (κ3) is 1.54. The minimum Gasteiger partial charge on any atom is -0.299 e. The number of hydrogen-bond acceptors (Lipinski definition) is 1. The van der Waals surface area contributed by atoms with E-state index in [0.717, 1.165) is 12.6 Å². The first-order valence-electron chi connectivity index (χ1n) is 3.72. The molecule has 0 amide bonds. The molecule has 68 valence electrons. The topological polar surface area (TPSA) is 26.9 Å². The third-order valence-corrected chi connectivity index (χ3v) is 1.55. The molecule has 0 fully saturated rings. The van der Waals surface area contributed by atoms with Gasteiger partial charge in [0, 0.05) is 18.9 Å². The maximum absolute atomic E-state index is 12.0. The van der Waals surface area contributed by atoms with Gasteiger partial charge < -0.3 is 0 Å². The lowest BCUT2D eigenvalue weighted by Gasteiger charge is -1.97. The van der Waals surface area contributed by atoms with E-state index in [1.807, 2.05) is 6.92 Å². The average Bonchev–Trinajstić information content (AvgIpc) is 2.34. The van der Waals surface area contributed by atoms with Crippen molar-refractivity contribution >= 4 is 0 Å². The summed E-state index contributed by atoms with van der Waals surface area (Å²) in [5.74, 6) is 0. The van der Waals surface area contributed by atoms with Crippen molar-refractivity contribution < 1.29 is 8.78 Å². The molecule has 0 unspecified atom stereocenters. The Balaban J connectivity index is 2.97. The molecule has 1 heterocycles. The monoisotopic (exact) mass is 176 g/mol. The van der Waals surface area contributed by atoms with Crippen LogP contribution in [0.1, 0.15) is 19.9 Å². The molecule has 1 aromatic rings. The normalized spacial score (nSPS) is 11.0. The molecule has 0 aliphatic carbocycles. The summed E-state index contributed by atoms with van der Waals surface area (Å²) in [6.45, 7) is -0.374. The molecule has 0 aliphatic rings. The molecule has 0 bridgehead atoms. The zero-order valence-electron chi connectivity index (χ0n) is 6.70. The fourth-order valence-electron chi connectivity index (χ4n) is 0.988. The van der Waals surface area contributed by atoms with Gasteiger partial charge >= 0.3 is 12.2 Å². The largest absolute Gasteiger partial charge is 0.332 e. The van der Waals surface area contributed by atoms with Crippen molar-refractivity contribution in [3.05, 3.63) is 22.9 Å². The zero-order valence-corrected chi connectivity index (χ0v) is 6.70. The van der Waals surface area contributed by atoms with Gasteiger partial charge in [0.1, 0.15) is 0 Å². The molecule has 0 N–H and O–H groups in total. The minimum atomic E-state index is -2.74. The molecule has 0 spiro atoms. The van der Waals surface area contributed by atoms with Crippen molar-refractivity contribution in [1.29, 1.82) is 0 Å². The number of nitrogens with zero attached hydrogens (tertiary/aromatic N) is 2. The predicted molar refractivity (Wildman–Crippen MR) is 40.2 cm³/mol. The Hall–Kier alpha value is -1.13. The lowest BCUT2D eigenvalue weighted by Crippen LogP contribution is -2.24. The molecule has 3 nitrogen and oxygen atoms in total. The van der Waals surface area contributed by atoms with Crippen LogP contribution in [-0.2, 0) is 6.54 Å². The summed E-state index contributed by atoms with van der Waals surface area (Å²) >= 11 is 0. The van der Waals surface area contributed by atoms with Crippen LogP contribution in [0.2, 0.25) is 0 Å². The van der Waals surface area contributed by atoms with Crippen LogP contribution < -0.4 is 5.69 Å². The SMILES string of the molecule is CCCn1ccn(C(F)F)c1=O. The number of hydrogen-bond donors (Lipinski definition) is 0. The van der Waals surface area contributed by atoms with Crippen LogP contribution in [0, 0.1) is 0 Å². The Morgan fingerprint density at radius 3 is 2.58 bits per heavy atom. The second-order valence-corrected chi connectivity index (χ2v) is 2.46. The van der Waals surface area contributed by atoms with Crippen LogP contribution >= 0.6 is 0 Å². The summed E-state index contributed by atoms with van der Waals surface area (Å²) < 4.78 is 25.7. The van der Waals surface area contributed by atoms with Crippen LogP contribution in [0.3, 0.4) is 0 Å². The van der Waals surface area contributed by atoms with E-state index in [4.69, 9.17) is 0 Å². The van der Waals surface area contributed by atoms with Crippen molar-refractivity contribution in [2.24, 2.45) is 0 Å². The highest BCUT2D eigenvalue weighted by molar-refractivity contribution is 4.81. The molecule has 0 radical (unpaired) electrons. The van der Waals surface area contributed by atoms with Crippen molar-refractivity contribution in [3.8, 4) is 0 Å². The van der Waals surface area contributed by atoms with Crippen LogP contribution in [0.25, 0.3) is 0 Å². The first kappa shape index (κ1) is 8.96. The van der Waals surface area contributed by atoms with Gasteiger partial charge in [-0.2, -0.15) is 8.78 Å². The molecule has 0 saturated carbocycles. The summed E-state index contributed by atoms with van der Waals surface area (Å²) in [7, 11) is 0. The second-order valence-electron chi connectivity index (χ2n) is 2.46. The van der Waals surface area contributed by atoms with Crippen LogP contribution in [0.5, 0.6) is 0 Å². The highest BCUT2D eigenvalue weighted by Crippen LogP contribution is 2.05. The highest BCUT2D eigenvalue weighted by atomic mass is 19.3. The van der Waals surface area contributed by atoms with E-state index in [1.54, 1.807) is 0 Å². The van der Waals surface area contributed by atoms with E-state index in [1.165, 1.54) is 10.8 Å². The summed E-state index contributed by atoms with van der Waals surface area (Å²) in [5.41, 5.74) is -0.646. The van der Waals surface area contributed by atoms with E-state index in [-0.39, 0.29) is 0 Å². The Labute approximate surface area is 68.2 Å². The molecule has 0 saturated heterocycles. The van der Waals surface area contributed by atoms with Gasteiger partial charge in [0.05, 0.1) is 0 Å². The number of rotatable bonds is 3. The van der Waals surface area contributed by atoms with Crippen molar-refractivity contribution in [1.82, 2.24) is 9.13 Å². The van der Waals surface area contributed by atoms with E-state index < -0.39 is 12.2 Å². The molecule has 0 aliphatic heterocycles. The third-order valence-electron chi connectivity index (χ3n) is 1.55. The highest BCUT2D eigenvalue weighted by Gasteiger charge is 2.09. The van der Waals surface area contributed by atoms with Crippen molar-refractivity contribution in [2.45, 2.75) is 26.4 Å². The summed E-state index contributed by atoms with van der Waals surface area (Å²) in [6, 6.07) is 0. The zero-order chi connectivity index (χ0) is 9.14. The lowest BCUT2D eigenvalue weighted by molar-refractivity contribution is 0.0659. The molecule has 0 atom stereocenters. The maximum Gasteiger partial charge on any atom is 0.332 e. The lowest BCUT2D eigenvalue weighted by atomic mass is 10.5. The molecule has 1 aromatic heterocycles. The second kappa shape index (κ2) is 3.51. The maximum atomic E-state index is 12.0. The summed E-state index contributed by atoms with van der Waals surface area (Å²) in [5, 5.41) is 0. The molecule has 1 rings (SSSR count). The summed E-state index contributed by atoms with van der Waals surface area (Å²) in [4.78, 5) is 11.0. The van der Waals surface area contributed by atoms with Crippen molar-refractivity contribution in [2.75, 3.05) is 0 Å². The molecule has 5 heteroatoms. The van der Waals surface area contributed by atoms with Gasteiger partial charge in [-0.25, -0.2) is 9.36 Å². The fraction of sp³-hybridized carbons (Fsp3) is 0.571. The van der Waals surface area contributed by atoms with E-state index in [0.29, 0.717) is 11.1 Å². The Morgan fingerprint density at radius 1 is 1.50 bits per heavy atom. The van der Waals surface area contributed by atoms with E-state index in [9.17, 15) is 13.6 Å². The number of alkyl halides is 2. The van der Waals surface area contributed by atoms with Gasteiger partial charge in [-0.15, -0.1) is 0 Å². The van der Waals surface area contributed by atoms with Crippen LogP contribution in [0.4, 0.5) is 8.78 Å². The fourth-order valence-corrected chi connectivity index (χ4v) is 0.988. The number of aromatic nitrogens is 2. The minimum absolute atomic E-state index is 0.412. The first-order chi connectivity index (χ1) is 5.66. The smallest absolute Gasteiger partial charge is 0.299 e. The number of halogens is 2.